The van der Waals surface area contributed by atoms with Crippen LogP contribution in [0, 0.1) is 0 Å². The molecule has 0 bridgehead atoms. The number of unbranched alkanes of at least 4 members (excludes halogenated alkanes) is 11. The molecular formula is C19H38KNO4S. The molecule has 0 saturated heterocycles. The molecule has 0 radical (unpaired) electrons. The minimum Gasteiger partial charge on any atom is -0.748 e. The Morgan fingerprint density at radius 3 is 1.65 bits per heavy atom. The van der Waals surface area contributed by atoms with Crippen molar-refractivity contribution < 1.29 is 69.1 Å². The van der Waals surface area contributed by atoms with Gasteiger partial charge in [-0.25, -0.2) is 8.42 Å². The summed E-state index contributed by atoms with van der Waals surface area (Å²) in [6.07, 6.45) is 15.9. The largest absolute Gasteiger partial charge is 1.00 e. The van der Waals surface area contributed by atoms with E-state index in [4.69, 9.17) is 0 Å². The van der Waals surface area contributed by atoms with Crippen LogP contribution in [0.25, 0.3) is 0 Å². The zero-order valence-corrected chi connectivity index (χ0v) is 21.2. The fourth-order valence-electron chi connectivity index (χ4n) is 2.91. The molecule has 0 aliphatic carbocycles. The second kappa shape index (κ2) is 19.3. The van der Waals surface area contributed by atoms with Gasteiger partial charge in [0.2, 0.25) is 5.91 Å². The predicted octanol–water partition coefficient (Wildman–Crippen LogP) is 1.48. The smallest absolute Gasteiger partial charge is 0.748 e. The fourth-order valence-corrected chi connectivity index (χ4v) is 3.39. The Bertz CT molecular complexity index is 429. The van der Waals surface area contributed by atoms with E-state index in [9.17, 15) is 17.8 Å². The molecule has 7 heteroatoms. The molecule has 0 atom stereocenters. The van der Waals surface area contributed by atoms with Gasteiger partial charge < -0.3 is 9.45 Å². The number of carbonyl (C=O) groups excluding carboxylic acids is 1. The van der Waals surface area contributed by atoms with Crippen LogP contribution in [0.1, 0.15) is 96.8 Å². The Morgan fingerprint density at radius 2 is 1.23 bits per heavy atom. The number of amides is 1. The van der Waals surface area contributed by atoms with Gasteiger partial charge in [0.15, 0.2) is 0 Å². The average Bonchev–Trinajstić information content (AvgIpc) is 2.54. The molecule has 0 aromatic heterocycles. The van der Waals surface area contributed by atoms with Crippen LogP contribution in [-0.4, -0.2) is 43.1 Å². The van der Waals surface area contributed by atoms with E-state index in [1.807, 2.05) is 0 Å². The van der Waals surface area contributed by atoms with Gasteiger partial charge in [-0.15, -0.1) is 0 Å². The van der Waals surface area contributed by atoms with E-state index in [1.54, 1.807) is 7.05 Å². The fraction of sp³-hybridized carbons (Fsp3) is 0.947. The summed E-state index contributed by atoms with van der Waals surface area (Å²) in [5, 5.41) is 0. The topological polar surface area (TPSA) is 77.5 Å². The van der Waals surface area contributed by atoms with Gasteiger partial charge in [0.05, 0.1) is 10.1 Å². The zero-order valence-electron chi connectivity index (χ0n) is 17.3. The number of hydrogen-bond acceptors (Lipinski definition) is 4. The standard InChI is InChI=1S/C19H39NO4S.K/c1-3-4-5-6-7-8-9-10-11-12-13-14-16-19(21)20(2)17-15-18-25(22,23)24;/h3-18H2,1-2H3,(H,22,23,24);/q;+1/p-1. The van der Waals surface area contributed by atoms with Crippen LogP contribution in [0.5, 0.6) is 0 Å². The summed E-state index contributed by atoms with van der Waals surface area (Å²) >= 11 is 0. The predicted molar refractivity (Wildman–Crippen MR) is 103 cm³/mol. The minimum atomic E-state index is -4.17. The summed E-state index contributed by atoms with van der Waals surface area (Å²) in [5.74, 6) is -0.362. The summed E-state index contributed by atoms with van der Waals surface area (Å²) in [6.45, 7) is 2.58. The van der Waals surface area contributed by atoms with Crippen molar-refractivity contribution in [3.63, 3.8) is 0 Å². The summed E-state index contributed by atoms with van der Waals surface area (Å²) in [4.78, 5) is 13.4. The molecular weight excluding hydrogens is 377 g/mol. The van der Waals surface area contributed by atoms with Gasteiger partial charge in [0.25, 0.3) is 0 Å². The number of hydrogen-bond donors (Lipinski definition) is 0. The van der Waals surface area contributed by atoms with Gasteiger partial charge in [-0.2, -0.15) is 0 Å². The van der Waals surface area contributed by atoms with Crippen LogP contribution in [-0.2, 0) is 14.9 Å². The third-order valence-corrected chi connectivity index (χ3v) is 5.35. The average molecular weight is 416 g/mol. The Morgan fingerprint density at radius 1 is 0.808 bits per heavy atom. The molecule has 0 heterocycles. The maximum absolute atomic E-state index is 11.9. The van der Waals surface area contributed by atoms with Gasteiger partial charge in [-0.05, 0) is 12.8 Å². The van der Waals surface area contributed by atoms with Gasteiger partial charge in [0.1, 0.15) is 0 Å². The molecule has 0 aliphatic rings. The molecule has 26 heavy (non-hydrogen) atoms. The van der Waals surface area contributed by atoms with E-state index in [0.717, 1.165) is 12.8 Å². The second-order valence-corrected chi connectivity index (χ2v) is 8.59. The Labute approximate surface area is 204 Å². The monoisotopic (exact) mass is 415 g/mol. The van der Waals surface area contributed by atoms with E-state index < -0.39 is 15.9 Å². The normalized spacial score (nSPS) is 11.2. The Balaban J connectivity index is 0. The third-order valence-electron chi connectivity index (χ3n) is 4.56. The molecule has 0 spiro atoms. The molecule has 0 N–H and O–H groups in total. The minimum absolute atomic E-state index is 0. The summed E-state index contributed by atoms with van der Waals surface area (Å²) in [5.41, 5.74) is 0. The Hall–Kier alpha value is 1.02. The SMILES string of the molecule is CCCCCCCCCCCCCCC(=O)N(C)CCCS(=O)(=O)[O-].[K+]. The van der Waals surface area contributed by atoms with Crippen LogP contribution < -0.4 is 51.4 Å². The van der Waals surface area contributed by atoms with Crippen LogP contribution in [0.4, 0.5) is 0 Å². The second-order valence-electron chi connectivity index (χ2n) is 7.07. The van der Waals surface area contributed by atoms with E-state index in [0.29, 0.717) is 13.0 Å². The van der Waals surface area contributed by atoms with Crippen molar-refractivity contribution in [1.82, 2.24) is 4.90 Å². The van der Waals surface area contributed by atoms with Crippen molar-refractivity contribution in [1.29, 1.82) is 0 Å². The van der Waals surface area contributed by atoms with Crippen LogP contribution >= 0.6 is 0 Å². The molecule has 1 amide bonds. The van der Waals surface area contributed by atoms with Crippen molar-refractivity contribution in [2.45, 2.75) is 96.8 Å². The third kappa shape index (κ3) is 21.3. The summed E-state index contributed by atoms with van der Waals surface area (Å²) in [6, 6.07) is 0. The van der Waals surface area contributed by atoms with Gasteiger partial charge in [0, 0.05) is 25.8 Å². The number of nitrogens with zero attached hydrogens (tertiary/aromatic N) is 1. The van der Waals surface area contributed by atoms with Gasteiger partial charge in [-0.1, -0.05) is 77.6 Å². The molecule has 0 fully saturated rings. The molecule has 150 valence electrons. The summed E-state index contributed by atoms with van der Waals surface area (Å²) < 4.78 is 31.6. The van der Waals surface area contributed by atoms with E-state index in [1.165, 1.54) is 69.1 Å². The van der Waals surface area contributed by atoms with Crippen molar-refractivity contribution in [3.05, 3.63) is 0 Å². The van der Waals surface area contributed by atoms with Crippen molar-refractivity contribution in [2.75, 3.05) is 19.3 Å². The first-order valence-electron chi connectivity index (χ1n) is 10.0. The molecule has 0 unspecified atom stereocenters. The maximum atomic E-state index is 11.9. The van der Waals surface area contributed by atoms with Crippen molar-refractivity contribution in [2.24, 2.45) is 0 Å². The molecule has 0 saturated carbocycles. The first kappa shape index (κ1) is 29.2. The van der Waals surface area contributed by atoms with Crippen LogP contribution in [0.15, 0.2) is 0 Å². The zero-order chi connectivity index (χ0) is 19.0. The molecule has 5 nitrogen and oxygen atoms in total. The number of rotatable bonds is 17. The van der Waals surface area contributed by atoms with Crippen LogP contribution in [0.3, 0.4) is 0 Å². The molecule has 0 rings (SSSR count). The summed E-state index contributed by atoms with van der Waals surface area (Å²) in [7, 11) is -2.51. The van der Waals surface area contributed by atoms with Crippen molar-refractivity contribution >= 4 is 16.0 Å². The molecule has 0 aromatic rings. The van der Waals surface area contributed by atoms with Crippen molar-refractivity contribution in [3.8, 4) is 0 Å². The van der Waals surface area contributed by atoms with Gasteiger partial charge in [-0.3, -0.25) is 4.79 Å². The first-order chi connectivity index (χ1) is 11.9. The van der Waals surface area contributed by atoms with Gasteiger partial charge >= 0.3 is 51.4 Å². The van der Waals surface area contributed by atoms with E-state index >= 15 is 0 Å². The molecule has 0 aromatic carbocycles. The quantitative estimate of drug-likeness (QED) is 0.205. The first-order valence-corrected chi connectivity index (χ1v) is 11.6. The number of carbonyl (C=O) groups is 1. The molecule has 0 aliphatic heterocycles. The van der Waals surface area contributed by atoms with Crippen LogP contribution in [0.2, 0.25) is 0 Å². The van der Waals surface area contributed by atoms with E-state index in [-0.39, 0.29) is 63.7 Å². The van der Waals surface area contributed by atoms with E-state index in [2.05, 4.69) is 6.92 Å². The Kier molecular flexibility index (Phi) is 21.7. The maximum Gasteiger partial charge on any atom is 1.00 e.